The van der Waals surface area contributed by atoms with Crippen LogP contribution in [0.15, 0.2) is 0 Å². The fraction of sp³-hybridized carbons (Fsp3) is 0.900. The van der Waals surface area contributed by atoms with Gasteiger partial charge in [0.2, 0.25) is 0 Å². The maximum absolute atomic E-state index is 10.6. The van der Waals surface area contributed by atoms with Crippen molar-refractivity contribution in [2.24, 2.45) is 17.3 Å². The van der Waals surface area contributed by atoms with Gasteiger partial charge in [0.05, 0.1) is 0 Å². The molecule has 0 amide bonds. The fourth-order valence-corrected chi connectivity index (χ4v) is 2.03. The van der Waals surface area contributed by atoms with Crippen LogP contribution >= 0.6 is 0 Å². The number of unbranched alkanes of at least 4 members (excludes halogenated alkanes) is 1. The van der Waals surface area contributed by atoms with Crippen molar-refractivity contribution in [1.82, 2.24) is 0 Å². The van der Waals surface area contributed by atoms with Gasteiger partial charge in [0, 0.05) is 5.92 Å². The van der Waals surface area contributed by atoms with Gasteiger partial charge >= 0.3 is 0 Å². The summed E-state index contributed by atoms with van der Waals surface area (Å²) in [5.41, 5.74) is 0.316. The molecule has 2 unspecified atom stereocenters. The largest absolute Gasteiger partial charge is 0.303 e. The molecule has 0 aromatic heterocycles. The molecule has 1 fully saturated rings. The molecule has 1 aliphatic rings. The molecule has 0 aromatic carbocycles. The second kappa shape index (κ2) is 2.96. The van der Waals surface area contributed by atoms with Crippen LogP contribution in [0.2, 0.25) is 0 Å². The lowest BCUT2D eigenvalue weighted by atomic mass is 10.1. The van der Waals surface area contributed by atoms with E-state index in [1.165, 1.54) is 19.3 Å². The van der Waals surface area contributed by atoms with Crippen molar-refractivity contribution >= 4 is 6.29 Å². The van der Waals surface area contributed by atoms with Crippen LogP contribution in [-0.2, 0) is 4.79 Å². The molecular formula is C10H18O. The Bertz CT molecular complexity index is 149. The molecule has 0 heterocycles. The Morgan fingerprint density at radius 1 is 1.45 bits per heavy atom. The highest BCUT2D eigenvalue weighted by Gasteiger charge is 2.56. The van der Waals surface area contributed by atoms with Crippen LogP contribution in [-0.4, -0.2) is 6.29 Å². The van der Waals surface area contributed by atoms with E-state index in [-0.39, 0.29) is 0 Å². The predicted octanol–water partition coefficient (Wildman–Crippen LogP) is 2.65. The van der Waals surface area contributed by atoms with E-state index in [2.05, 4.69) is 20.8 Å². The Morgan fingerprint density at radius 3 is 2.45 bits per heavy atom. The maximum Gasteiger partial charge on any atom is 0.123 e. The Labute approximate surface area is 69.2 Å². The van der Waals surface area contributed by atoms with E-state index >= 15 is 0 Å². The normalized spacial score (nSPS) is 33.4. The van der Waals surface area contributed by atoms with E-state index in [0.717, 1.165) is 6.29 Å². The number of carbonyl (C=O) groups excluding carboxylic acids is 1. The van der Waals surface area contributed by atoms with Crippen molar-refractivity contribution in [2.45, 2.75) is 40.0 Å². The first-order chi connectivity index (χ1) is 5.14. The zero-order chi connectivity index (χ0) is 8.48. The van der Waals surface area contributed by atoms with Crippen molar-refractivity contribution in [3.8, 4) is 0 Å². The first kappa shape index (κ1) is 8.76. The summed E-state index contributed by atoms with van der Waals surface area (Å²) < 4.78 is 0. The van der Waals surface area contributed by atoms with Crippen LogP contribution in [0.25, 0.3) is 0 Å². The van der Waals surface area contributed by atoms with Gasteiger partial charge in [-0.15, -0.1) is 0 Å². The van der Waals surface area contributed by atoms with Gasteiger partial charge in [-0.1, -0.05) is 33.6 Å². The SMILES string of the molecule is CCCCC1C(C=O)C1(C)C. The summed E-state index contributed by atoms with van der Waals surface area (Å²) in [5.74, 6) is 1.04. The minimum atomic E-state index is 0.316. The second-order valence-corrected chi connectivity index (χ2v) is 4.23. The Balaban J connectivity index is 2.33. The van der Waals surface area contributed by atoms with Crippen molar-refractivity contribution in [2.75, 3.05) is 0 Å². The maximum atomic E-state index is 10.6. The third-order valence-corrected chi connectivity index (χ3v) is 3.15. The molecule has 0 radical (unpaired) electrons. The quantitative estimate of drug-likeness (QED) is 0.569. The number of rotatable bonds is 4. The Hall–Kier alpha value is -0.330. The summed E-state index contributed by atoms with van der Waals surface area (Å²) in [7, 11) is 0. The van der Waals surface area contributed by atoms with Crippen LogP contribution in [0.5, 0.6) is 0 Å². The lowest BCUT2D eigenvalue weighted by Crippen LogP contribution is -1.90. The highest BCUT2D eigenvalue weighted by atomic mass is 16.1. The topological polar surface area (TPSA) is 17.1 Å². The van der Waals surface area contributed by atoms with E-state index in [1.54, 1.807) is 0 Å². The van der Waals surface area contributed by atoms with Crippen molar-refractivity contribution in [1.29, 1.82) is 0 Å². The summed E-state index contributed by atoms with van der Waals surface area (Å²) in [6.45, 7) is 6.60. The summed E-state index contributed by atoms with van der Waals surface area (Å²) in [5, 5.41) is 0. The summed E-state index contributed by atoms with van der Waals surface area (Å²) in [6.07, 6.45) is 4.91. The third kappa shape index (κ3) is 1.47. The second-order valence-electron chi connectivity index (χ2n) is 4.23. The van der Waals surface area contributed by atoms with E-state index < -0.39 is 0 Å². The van der Waals surface area contributed by atoms with Gasteiger partial charge in [0.1, 0.15) is 6.29 Å². The first-order valence-electron chi connectivity index (χ1n) is 4.60. The van der Waals surface area contributed by atoms with Crippen LogP contribution in [0.4, 0.5) is 0 Å². The molecule has 2 atom stereocenters. The zero-order valence-corrected chi connectivity index (χ0v) is 7.76. The van der Waals surface area contributed by atoms with Crippen molar-refractivity contribution in [3.63, 3.8) is 0 Å². The minimum absolute atomic E-state index is 0.316. The Kier molecular flexibility index (Phi) is 2.36. The zero-order valence-electron chi connectivity index (χ0n) is 7.76. The fourth-order valence-electron chi connectivity index (χ4n) is 2.03. The standard InChI is InChI=1S/C10H18O/c1-4-5-6-8-9(7-11)10(8,2)3/h7-9H,4-6H2,1-3H3. The number of hydrogen-bond acceptors (Lipinski definition) is 1. The van der Waals surface area contributed by atoms with Gasteiger partial charge in [-0.05, 0) is 17.8 Å². The molecule has 1 nitrogen and oxygen atoms in total. The highest BCUT2D eigenvalue weighted by molar-refractivity contribution is 5.61. The van der Waals surface area contributed by atoms with E-state index in [0.29, 0.717) is 17.3 Å². The molecule has 1 aliphatic carbocycles. The van der Waals surface area contributed by atoms with Gasteiger partial charge in [-0.2, -0.15) is 0 Å². The van der Waals surface area contributed by atoms with Gasteiger partial charge in [-0.3, -0.25) is 0 Å². The molecule has 0 spiro atoms. The monoisotopic (exact) mass is 154 g/mol. The van der Waals surface area contributed by atoms with Gasteiger partial charge in [0.15, 0.2) is 0 Å². The van der Waals surface area contributed by atoms with Crippen LogP contribution < -0.4 is 0 Å². The predicted molar refractivity (Wildman–Crippen MR) is 46.4 cm³/mol. The molecule has 64 valence electrons. The van der Waals surface area contributed by atoms with Crippen LogP contribution in [0, 0.1) is 17.3 Å². The lowest BCUT2D eigenvalue weighted by molar-refractivity contribution is -0.109. The molecule has 0 aliphatic heterocycles. The molecule has 1 rings (SSSR count). The molecular weight excluding hydrogens is 136 g/mol. The van der Waals surface area contributed by atoms with Gasteiger partial charge in [0.25, 0.3) is 0 Å². The van der Waals surface area contributed by atoms with Crippen LogP contribution in [0.1, 0.15) is 40.0 Å². The van der Waals surface area contributed by atoms with Gasteiger partial charge < -0.3 is 4.79 Å². The molecule has 0 N–H and O–H groups in total. The first-order valence-corrected chi connectivity index (χ1v) is 4.60. The van der Waals surface area contributed by atoms with Crippen molar-refractivity contribution < 1.29 is 4.79 Å². The van der Waals surface area contributed by atoms with Gasteiger partial charge in [-0.25, -0.2) is 0 Å². The third-order valence-electron chi connectivity index (χ3n) is 3.15. The molecule has 1 saturated carbocycles. The van der Waals surface area contributed by atoms with Crippen LogP contribution in [0.3, 0.4) is 0 Å². The van der Waals surface area contributed by atoms with E-state index in [1.807, 2.05) is 0 Å². The van der Waals surface area contributed by atoms with E-state index in [9.17, 15) is 4.79 Å². The summed E-state index contributed by atoms with van der Waals surface area (Å²) >= 11 is 0. The number of aldehydes is 1. The molecule has 1 heteroatoms. The highest BCUT2D eigenvalue weighted by Crippen LogP contribution is 2.59. The van der Waals surface area contributed by atoms with E-state index in [4.69, 9.17) is 0 Å². The molecule has 0 bridgehead atoms. The average Bonchev–Trinajstić information content (AvgIpc) is 2.48. The molecule has 11 heavy (non-hydrogen) atoms. The number of carbonyl (C=O) groups is 1. The summed E-state index contributed by atoms with van der Waals surface area (Å²) in [4.78, 5) is 10.6. The smallest absolute Gasteiger partial charge is 0.123 e. The lowest BCUT2D eigenvalue weighted by Gasteiger charge is -1.99. The molecule has 0 aromatic rings. The minimum Gasteiger partial charge on any atom is -0.303 e. The summed E-state index contributed by atoms with van der Waals surface area (Å²) in [6, 6.07) is 0. The van der Waals surface area contributed by atoms with Crippen molar-refractivity contribution in [3.05, 3.63) is 0 Å². The average molecular weight is 154 g/mol. The molecule has 0 saturated heterocycles. The Morgan fingerprint density at radius 2 is 2.09 bits per heavy atom. The number of hydrogen-bond donors (Lipinski definition) is 0.